The normalized spacial score (nSPS) is 13.6. The van der Waals surface area contributed by atoms with Gasteiger partial charge in [0.15, 0.2) is 0 Å². The van der Waals surface area contributed by atoms with E-state index in [1.54, 1.807) is 0 Å². The molecule has 0 aliphatic rings. The van der Waals surface area contributed by atoms with E-state index in [1.807, 2.05) is 0 Å². The van der Waals surface area contributed by atoms with E-state index in [1.165, 1.54) is 190 Å². The second kappa shape index (κ2) is 33.6. The van der Waals surface area contributed by atoms with E-state index in [-0.39, 0.29) is 0 Å². The fourth-order valence-electron chi connectivity index (χ4n) is 7.22. The number of benzene rings is 1. The summed E-state index contributed by atoms with van der Waals surface area (Å²) in [5, 5.41) is 14.0. The highest BCUT2D eigenvalue weighted by Crippen LogP contribution is 2.40. The Bertz CT molecular complexity index is 902. The zero-order valence-electron chi connectivity index (χ0n) is 34.7. The molecule has 0 aliphatic carbocycles. The largest absolute Gasteiger partial charge is 0.507 e. The van der Waals surface area contributed by atoms with Crippen molar-refractivity contribution in [1.82, 2.24) is 0 Å². The van der Waals surface area contributed by atoms with E-state index in [9.17, 15) is 5.11 Å². The van der Waals surface area contributed by atoms with Crippen LogP contribution in [0, 0.1) is 6.92 Å². The molecule has 1 rings (SSSR count). The monoisotopic (exact) mass is 751 g/mol. The number of unbranched alkanes of at least 4 members (excludes halogenated alkanes) is 15. The van der Waals surface area contributed by atoms with E-state index < -0.39 is 0 Å². The number of hydrogen-bond acceptors (Lipinski definition) is 4. The Labute approximate surface area is 327 Å². The van der Waals surface area contributed by atoms with Crippen molar-refractivity contribution in [3.05, 3.63) is 28.3 Å². The summed E-state index contributed by atoms with van der Waals surface area (Å²) in [4.78, 5) is 0. The standard InChI is InChI=1S/C46H86OS3/c1-8-14-20-23-26-32-41(29-17-11-4)48-36-40-35-39(7)46(47)45(38-50-43(31-19-13-6)34-28-25-22-16-10-3)44(40)37-49-42(30-18-12-5)33-27-24-21-15-9-2/h35,41-43,47H,8-34,36-38H2,1-7H3. The number of phenols is 1. The van der Waals surface area contributed by atoms with E-state index >= 15 is 0 Å². The molecule has 1 aromatic carbocycles. The first-order valence-corrected chi connectivity index (χ1v) is 25.3. The molecule has 0 amide bonds. The Morgan fingerprint density at radius 3 is 1.12 bits per heavy atom. The summed E-state index contributed by atoms with van der Waals surface area (Å²) >= 11 is 6.64. The van der Waals surface area contributed by atoms with Crippen LogP contribution in [0.3, 0.4) is 0 Å². The fraction of sp³-hybridized carbons (Fsp3) is 0.870. The molecule has 0 fully saturated rings. The summed E-state index contributed by atoms with van der Waals surface area (Å²) in [5.74, 6) is 3.74. The number of rotatable bonds is 36. The van der Waals surface area contributed by atoms with Crippen LogP contribution in [0.4, 0.5) is 0 Å². The van der Waals surface area contributed by atoms with Gasteiger partial charge in [0.2, 0.25) is 0 Å². The minimum Gasteiger partial charge on any atom is -0.507 e. The number of phenolic OH excluding ortho intramolecular Hbond substituents is 1. The third kappa shape index (κ3) is 23.0. The summed E-state index contributed by atoms with van der Waals surface area (Å²) in [5.41, 5.74) is 5.41. The van der Waals surface area contributed by atoms with Gasteiger partial charge in [-0.1, -0.05) is 182 Å². The number of thioether (sulfide) groups is 3. The van der Waals surface area contributed by atoms with Crippen LogP contribution < -0.4 is 0 Å². The molecule has 0 aromatic heterocycles. The Balaban J connectivity index is 3.29. The van der Waals surface area contributed by atoms with Crippen molar-refractivity contribution < 1.29 is 5.11 Å². The predicted molar refractivity (Wildman–Crippen MR) is 237 cm³/mol. The summed E-state index contributed by atoms with van der Waals surface area (Å²) in [7, 11) is 0. The maximum absolute atomic E-state index is 11.7. The summed E-state index contributed by atoms with van der Waals surface area (Å²) in [6, 6.07) is 2.39. The Morgan fingerprint density at radius 1 is 0.420 bits per heavy atom. The molecule has 294 valence electrons. The van der Waals surface area contributed by atoms with Gasteiger partial charge in [0.05, 0.1) is 0 Å². The quantitative estimate of drug-likeness (QED) is 0.0689. The first-order valence-electron chi connectivity index (χ1n) is 22.1. The molecule has 50 heavy (non-hydrogen) atoms. The first-order chi connectivity index (χ1) is 24.4. The molecule has 3 unspecified atom stereocenters. The van der Waals surface area contributed by atoms with Crippen LogP contribution in [0.2, 0.25) is 0 Å². The number of aromatic hydroxyl groups is 1. The third-order valence-electron chi connectivity index (χ3n) is 10.7. The molecule has 1 nitrogen and oxygen atoms in total. The van der Waals surface area contributed by atoms with Crippen molar-refractivity contribution in [1.29, 1.82) is 0 Å². The molecule has 0 spiro atoms. The van der Waals surface area contributed by atoms with Gasteiger partial charge in [-0.15, -0.1) is 0 Å². The van der Waals surface area contributed by atoms with Crippen molar-refractivity contribution in [2.45, 2.75) is 255 Å². The topological polar surface area (TPSA) is 20.2 Å². The summed E-state index contributed by atoms with van der Waals surface area (Å²) in [6.45, 7) is 16.2. The fourth-order valence-corrected chi connectivity index (χ4v) is 11.4. The minimum absolute atomic E-state index is 0.599. The van der Waals surface area contributed by atoms with Crippen LogP contribution in [-0.2, 0) is 17.3 Å². The van der Waals surface area contributed by atoms with Gasteiger partial charge < -0.3 is 5.11 Å². The minimum atomic E-state index is 0.599. The molecule has 0 heterocycles. The van der Waals surface area contributed by atoms with Gasteiger partial charge >= 0.3 is 0 Å². The lowest BCUT2D eigenvalue weighted by Crippen LogP contribution is -2.09. The predicted octanol–water partition coefficient (Wildman–Crippen LogP) is 17.2. The van der Waals surface area contributed by atoms with Crippen molar-refractivity contribution >= 4 is 35.3 Å². The highest BCUT2D eigenvalue weighted by atomic mass is 32.2. The highest BCUT2D eigenvalue weighted by Gasteiger charge is 2.21. The highest BCUT2D eigenvalue weighted by molar-refractivity contribution is 7.99. The average Bonchev–Trinajstić information content (AvgIpc) is 3.12. The molecular formula is C46H86OS3. The zero-order valence-corrected chi connectivity index (χ0v) is 37.1. The number of aryl methyl sites for hydroxylation is 1. The smallest absolute Gasteiger partial charge is 0.122 e. The number of hydrogen-bond donors (Lipinski definition) is 1. The Hall–Kier alpha value is 0.0700. The third-order valence-corrected chi connectivity index (χ3v) is 14.9. The van der Waals surface area contributed by atoms with Crippen LogP contribution >= 0.6 is 35.3 Å². The van der Waals surface area contributed by atoms with Crippen molar-refractivity contribution in [3.8, 4) is 5.75 Å². The first kappa shape index (κ1) is 48.1. The van der Waals surface area contributed by atoms with Gasteiger partial charge in [0.1, 0.15) is 5.75 Å². The molecular weight excluding hydrogens is 665 g/mol. The molecule has 0 aliphatic heterocycles. The van der Waals surface area contributed by atoms with E-state index in [0.29, 0.717) is 11.0 Å². The van der Waals surface area contributed by atoms with Crippen molar-refractivity contribution in [2.75, 3.05) is 0 Å². The van der Waals surface area contributed by atoms with Gasteiger partial charge in [-0.2, -0.15) is 35.3 Å². The molecule has 4 heteroatoms. The van der Waals surface area contributed by atoms with E-state index in [0.717, 1.165) is 33.3 Å². The van der Waals surface area contributed by atoms with Crippen molar-refractivity contribution in [2.24, 2.45) is 0 Å². The molecule has 3 atom stereocenters. The molecule has 1 aromatic rings. The zero-order chi connectivity index (χ0) is 36.7. The van der Waals surface area contributed by atoms with Gasteiger partial charge in [0.25, 0.3) is 0 Å². The Morgan fingerprint density at radius 2 is 0.740 bits per heavy atom. The van der Waals surface area contributed by atoms with Crippen LogP contribution in [0.5, 0.6) is 5.75 Å². The lowest BCUT2D eigenvalue weighted by molar-refractivity contribution is 0.465. The second-order valence-corrected chi connectivity index (χ2v) is 19.4. The second-order valence-electron chi connectivity index (χ2n) is 15.5. The van der Waals surface area contributed by atoms with Crippen LogP contribution in [0.15, 0.2) is 6.07 Å². The molecule has 0 bridgehead atoms. The van der Waals surface area contributed by atoms with Gasteiger partial charge in [-0.05, 0) is 62.1 Å². The lowest BCUT2D eigenvalue weighted by atomic mass is 9.99. The van der Waals surface area contributed by atoms with Crippen LogP contribution in [0.1, 0.15) is 237 Å². The lowest BCUT2D eigenvalue weighted by Gasteiger charge is -2.24. The Kier molecular flexibility index (Phi) is 32.3. The van der Waals surface area contributed by atoms with Crippen molar-refractivity contribution in [3.63, 3.8) is 0 Å². The average molecular weight is 751 g/mol. The SMILES string of the molecule is CCCCCCCC(CCCC)SCc1cc(C)c(O)c(CSC(CCCC)CCCCCCC)c1CSC(CCCC)CCCCCCC. The molecule has 0 radical (unpaired) electrons. The van der Waals surface area contributed by atoms with Gasteiger partial charge in [0, 0.05) is 38.6 Å². The maximum Gasteiger partial charge on any atom is 0.122 e. The van der Waals surface area contributed by atoms with Crippen LogP contribution in [-0.4, -0.2) is 20.9 Å². The van der Waals surface area contributed by atoms with Gasteiger partial charge in [-0.3, -0.25) is 0 Å². The van der Waals surface area contributed by atoms with E-state index in [4.69, 9.17) is 0 Å². The molecule has 1 N–H and O–H groups in total. The van der Waals surface area contributed by atoms with Gasteiger partial charge in [-0.25, -0.2) is 0 Å². The molecule has 0 saturated heterocycles. The summed E-state index contributed by atoms with van der Waals surface area (Å²) in [6.07, 6.45) is 36.5. The summed E-state index contributed by atoms with van der Waals surface area (Å²) < 4.78 is 0. The van der Waals surface area contributed by atoms with Crippen LogP contribution in [0.25, 0.3) is 0 Å². The molecule has 0 saturated carbocycles. The van der Waals surface area contributed by atoms with E-state index in [2.05, 4.69) is 89.8 Å². The maximum atomic E-state index is 11.7.